The third kappa shape index (κ3) is 4.36. The lowest BCUT2D eigenvalue weighted by Crippen LogP contribution is -2.13. The van der Waals surface area contributed by atoms with Crippen LogP contribution < -0.4 is 16.5 Å². The van der Waals surface area contributed by atoms with E-state index in [1.165, 1.54) is 0 Å². The fourth-order valence-corrected chi connectivity index (χ4v) is 4.81. The first kappa shape index (κ1) is 24.6. The number of hydrogen-bond donors (Lipinski definition) is 2. The lowest BCUT2D eigenvalue weighted by atomic mass is 9.99. The van der Waals surface area contributed by atoms with E-state index in [9.17, 15) is 9.59 Å². The van der Waals surface area contributed by atoms with E-state index in [0.29, 0.717) is 44.9 Å². The zero-order chi connectivity index (χ0) is 27.4. The number of aryl methyl sites for hydroxylation is 2. The molecule has 12 heteroatoms. The summed E-state index contributed by atoms with van der Waals surface area (Å²) in [4.78, 5) is 36.6. The Bertz CT molecular complexity index is 2020. The van der Waals surface area contributed by atoms with Gasteiger partial charge in [0.2, 0.25) is 5.82 Å². The smallest absolute Gasteiger partial charge is 0.439 e. The Morgan fingerprint density at radius 3 is 2.67 bits per heavy atom. The second kappa shape index (κ2) is 9.21. The summed E-state index contributed by atoms with van der Waals surface area (Å²) in [7, 11) is 1.83. The summed E-state index contributed by atoms with van der Waals surface area (Å²) in [5, 5.41) is 12.2. The molecular weight excluding hydrogens is 522 g/mol. The lowest BCUT2D eigenvalue weighted by Gasteiger charge is -2.20. The maximum atomic E-state index is 13.6. The fraction of sp³-hybridized carbons (Fsp3) is 0.185. The number of halogens is 1. The Morgan fingerprint density at radius 2 is 1.90 bits per heavy atom. The van der Waals surface area contributed by atoms with Gasteiger partial charge in [-0.25, -0.2) is 14.8 Å². The Kier molecular flexibility index (Phi) is 5.80. The van der Waals surface area contributed by atoms with E-state index in [2.05, 4.69) is 30.1 Å². The number of nitrogens with one attached hydrogen (secondary N) is 2. The van der Waals surface area contributed by atoms with Crippen molar-refractivity contribution in [3.63, 3.8) is 0 Å². The highest BCUT2D eigenvalue weighted by atomic mass is 35.5. The van der Waals surface area contributed by atoms with Gasteiger partial charge in [-0.05, 0) is 56.7 Å². The van der Waals surface area contributed by atoms with Gasteiger partial charge in [0.15, 0.2) is 11.2 Å². The van der Waals surface area contributed by atoms with E-state index >= 15 is 0 Å². The molecule has 0 aliphatic carbocycles. The molecule has 11 nitrogen and oxygen atoms in total. The normalized spacial score (nSPS) is 12.3. The van der Waals surface area contributed by atoms with E-state index < -0.39 is 5.76 Å². The summed E-state index contributed by atoms with van der Waals surface area (Å²) in [6.07, 6.45) is 1.81. The van der Waals surface area contributed by atoms with E-state index in [0.717, 1.165) is 16.6 Å². The molecule has 5 heterocycles. The van der Waals surface area contributed by atoms with Crippen LogP contribution in [-0.4, -0.2) is 29.9 Å². The number of benzene rings is 1. The Hall–Kier alpha value is -4.77. The van der Waals surface area contributed by atoms with Crippen LogP contribution in [0.3, 0.4) is 0 Å². The Balaban J connectivity index is 1.49. The zero-order valence-electron chi connectivity index (χ0n) is 21.4. The number of anilines is 1. The summed E-state index contributed by atoms with van der Waals surface area (Å²) >= 11 is 6.12. The first-order valence-electron chi connectivity index (χ1n) is 12.1. The average molecular weight is 544 g/mol. The third-order valence-electron chi connectivity index (χ3n) is 6.47. The highest BCUT2D eigenvalue weighted by Crippen LogP contribution is 2.34. The van der Waals surface area contributed by atoms with Crippen molar-refractivity contribution in [3.05, 3.63) is 85.2 Å². The van der Waals surface area contributed by atoms with E-state index in [1.54, 1.807) is 29.8 Å². The van der Waals surface area contributed by atoms with Crippen LogP contribution in [0.5, 0.6) is 0 Å². The molecule has 0 saturated heterocycles. The van der Waals surface area contributed by atoms with Crippen LogP contribution in [0.15, 0.2) is 61.1 Å². The zero-order valence-corrected chi connectivity index (χ0v) is 22.1. The van der Waals surface area contributed by atoms with Crippen molar-refractivity contribution < 1.29 is 8.94 Å². The van der Waals surface area contributed by atoms with Gasteiger partial charge in [0, 0.05) is 18.2 Å². The second-order valence-corrected chi connectivity index (χ2v) is 9.75. The number of H-pyrrole nitrogens is 1. The highest BCUT2D eigenvalue weighted by molar-refractivity contribution is 6.29. The van der Waals surface area contributed by atoms with Gasteiger partial charge >= 0.3 is 5.76 Å². The first-order valence-corrected chi connectivity index (χ1v) is 12.4. The van der Waals surface area contributed by atoms with Gasteiger partial charge in [0.05, 0.1) is 23.3 Å². The number of aromatic nitrogens is 6. The average Bonchev–Trinajstić information content (AvgIpc) is 3.50. The molecule has 5 aromatic heterocycles. The number of hydrogen-bond acceptors (Lipinski definition) is 9. The molecule has 1 aromatic carbocycles. The molecule has 2 N–H and O–H groups in total. The standard InChI is InChI=1S/C27H22ClN7O4/c1-12-9-15(14(3)29-18-7-8-21(28)31-22(18)26-32-27(37)39-34-26)25-16(10-12)23(36)13(2)24(38-25)19-6-5-17-20(30-19)11-35(4)33-17/h5-11,14,29H,1-4H3,(H,32,34,37)/t14-/m1/s1. The fourth-order valence-electron chi connectivity index (χ4n) is 4.66. The van der Waals surface area contributed by atoms with Gasteiger partial charge in [-0.2, -0.15) is 5.10 Å². The summed E-state index contributed by atoms with van der Waals surface area (Å²) in [6.45, 7) is 5.59. The first-order chi connectivity index (χ1) is 18.7. The van der Waals surface area contributed by atoms with Crippen molar-refractivity contribution >= 4 is 39.3 Å². The molecule has 0 spiro atoms. The van der Waals surface area contributed by atoms with Crippen LogP contribution >= 0.6 is 11.6 Å². The topological polar surface area (TPSA) is 145 Å². The second-order valence-electron chi connectivity index (χ2n) is 9.36. The maximum Gasteiger partial charge on any atom is 0.439 e. The van der Waals surface area contributed by atoms with Crippen molar-refractivity contribution in [2.24, 2.45) is 7.05 Å². The number of rotatable bonds is 5. The van der Waals surface area contributed by atoms with Crippen molar-refractivity contribution in [3.8, 4) is 23.0 Å². The van der Waals surface area contributed by atoms with E-state index in [1.807, 2.05) is 45.3 Å². The molecule has 1 atom stereocenters. The molecule has 0 aliphatic rings. The monoisotopic (exact) mass is 543 g/mol. The predicted molar refractivity (Wildman–Crippen MR) is 147 cm³/mol. The molecule has 0 bridgehead atoms. The molecule has 0 saturated carbocycles. The van der Waals surface area contributed by atoms with Crippen LogP contribution in [-0.2, 0) is 7.05 Å². The minimum Gasteiger partial charge on any atom is -0.454 e. The molecule has 6 rings (SSSR count). The Labute approximate surface area is 225 Å². The van der Waals surface area contributed by atoms with Crippen LogP contribution in [0.1, 0.15) is 29.7 Å². The molecular formula is C27H22ClN7O4. The molecule has 0 fully saturated rings. The van der Waals surface area contributed by atoms with E-state index in [-0.39, 0.29) is 22.4 Å². The highest BCUT2D eigenvalue weighted by Gasteiger charge is 2.21. The van der Waals surface area contributed by atoms with Crippen molar-refractivity contribution in [2.75, 3.05) is 5.32 Å². The van der Waals surface area contributed by atoms with E-state index in [4.69, 9.17) is 21.0 Å². The summed E-state index contributed by atoms with van der Waals surface area (Å²) in [6, 6.07) is 10.4. The molecule has 0 unspecified atom stereocenters. The number of aromatic amines is 1. The number of fused-ring (bicyclic) bond motifs is 2. The van der Waals surface area contributed by atoms with Gasteiger partial charge < -0.3 is 9.73 Å². The Morgan fingerprint density at radius 1 is 1.08 bits per heavy atom. The van der Waals surface area contributed by atoms with Gasteiger partial charge in [-0.3, -0.25) is 19.0 Å². The van der Waals surface area contributed by atoms with Gasteiger partial charge in [-0.1, -0.05) is 22.8 Å². The largest absolute Gasteiger partial charge is 0.454 e. The maximum absolute atomic E-state index is 13.6. The van der Waals surface area contributed by atoms with Crippen LogP contribution in [0.2, 0.25) is 5.15 Å². The summed E-state index contributed by atoms with van der Waals surface area (Å²) < 4.78 is 12.8. The number of nitrogens with zero attached hydrogens (tertiary/aromatic N) is 5. The van der Waals surface area contributed by atoms with Crippen LogP contribution in [0, 0.1) is 13.8 Å². The molecule has 39 heavy (non-hydrogen) atoms. The van der Waals surface area contributed by atoms with Crippen LogP contribution in [0.25, 0.3) is 45.0 Å². The molecule has 0 aliphatic heterocycles. The van der Waals surface area contributed by atoms with Gasteiger partial charge in [-0.15, -0.1) is 0 Å². The minimum atomic E-state index is -0.710. The van der Waals surface area contributed by atoms with Crippen LogP contribution in [0.4, 0.5) is 5.69 Å². The molecule has 6 aromatic rings. The minimum absolute atomic E-state index is 0.132. The molecule has 0 amide bonds. The quantitative estimate of drug-likeness (QED) is 0.289. The van der Waals surface area contributed by atoms with Crippen molar-refractivity contribution in [1.82, 2.24) is 29.9 Å². The van der Waals surface area contributed by atoms with Gasteiger partial charge in [0.1, 0.15) is 33.2 Å². The van der Waals surface area contributed by atoms with Crippen molar-refractivity contribution in [1.29, 1.82) is 0 Å². The third-order valence-corrected chi connectivity index (χ3v) is 6.68. The number of pyridine rings is 2. The molecule has 0 radical (unpaired) electrons. The molecule has 196 valence electrons. The lowest BCUT2D eigenvalue weighted by molar-refractivity contribution is 0.388. The summed E-state index contributed by atoms with van der Waals surface area (Å²) in [5.41, 5.74) is 5.27. The summed E-state index contributed by atoms with van der Waals surface area (Å²) in [5.74, 6) is -0.185. The van der Waals surface area contributed by atoms with Gasteiger partial charge in [0.25, 0.3) is 0 Å². The van der Waals surface area contributed by atoms with Crippen molar-refractivity contribution in [2.45, 2.75) is 26.8 Å². The SMILES string of the molecule is Cc1cc([C@@H](C)Nc2ccc(Cl)nc2-c2noc(=O)[nH]2)c2oc(-c3ccc4nn(C)cc4n3)c(C)c(=O)c2c1. The predicted octanol–water partition coefficient (Wildman–Crippen LogP) is 4.92.